The predicted molar refractivity (Wildman–Crippen MR) is 89.2 cm³/mol. The number of amidine groups is 2. The molecule has 0 spiro atoms. The summed E-state index contributed by atoms with van der Waals surface area (Å²) in [6.07, 6.45) is 0. The number of nitrogens with zero attached hydrogens (tertiary/aromatic N) is 2. The number of carbonyl (C=O) groups excluding carboxylic acids is 2. The lowest BCUT2D eigenvalue weighted by Crippen LogP contribution is -2.61. The van der Waals surface area contributed by atoms with Gasteiger partial charge in [-0.2, -0.15) is 0 Å². The average molecular weight is 340 g/mol. The first-order valence-electron chi connectivity index (χ1n) is 6.36. The van der Waals surface area contributed by atoms with Crippen molar-refractivity contribution in [3.8, 4) is 0 Å². The van der Waals surface area contributed by atoms with Crippen LogP contribution in [0.25, 0.3) is 0 Å². The molecule has 0 saturated carbocycles. The summed E-state index contributed by atoms with van der Waals surface area (Å²) in [4.78, 5) is 28.0. The van der Waals surface area contributed by atoms with Crippen molar-refractivity contribution in [1.29, 1.82) is 10.8 Å². The van der Waals surface area contributed by atoms with Gasteiger partial charge in [0.25, 0.3) is 0 Å². The van der Waals surface area contributed by atoms with Crippen molar-refractivity contribution in [2.24, 2.45) is 10.8 Å². The van der Waals surface area contributed by atoms with E-state index in [4.69, 9.17) is 35.3 Å². The lowest BCUT2D eigenvalue weighted by atomic mass is 9.65. The molecular weight excluding hydrogens is 324 g/mol. The van der Waals surface area contributed by atoms with Crippen LogP contribution in [-0.2, 0) is 9.59 Å². The molecule has 2 atom stereocenters. The van der Waals surface area contributed by atoms with E-state index in [0.717, 1.165) is 0 Å². The van der Waals surface area contributed by atoms with Crippen LogP contribution < -0.4 is 10.6 Å². The van der Waals surface area contributed by atoms with Crippen molar-refractivity contribution in [3.63, 3.8) is 0 Å². The Morgan fingerprint density at radius 1 is 0.909 bits per heavy atom. The number of amides is 2. The second-order valence-corrected chi connectivity index (χ2v) is 5.86. The van der Waals surface area contributed by atoms with Crippen LogP contribution in [0.15, 0.2) is 0 Å². The molecule has 2 heterocycles. The van der Waals surface area contributed by atoms with Crippen LogP contribution in [0.2, 0.25) is 0 Å². The van der Waals surface area contributed by atoms with Gasteiger partial charge in [0.2, 0.25) is 11.8 Å². The van der Waals surface area contributed by atoms with Gasteiger partial charge in [-0.3, -0.25) is 20.4 Å². The van der Waals surface area contributed by atoms with Crippen molar-refractivity contribution in [2.45, 2.75) is 0 Å². The van der Waals surface area contributed by atoms with Gasteiger partial charge in [-0.05, 0) is 0 Å². The van der Waals surface area contributed by atoms with Crippen molar-refractivity contribution in [3.05, 3.63) is 0 Å². The first kappa shape index (κ1) is 16.4. The third-order valence-corrected chi connectivity index (χ3v) is 5.49. The lowest BCUT2D eigenvalue weighted by Gasteiger charge is -2.32. The standard InChI is InChI=1S/C12H16N6O2S2/c1-15-7(19)11-5(13)17(3)10(22)12(11,8(20)16-2)6(14)18(4)9(11)21/h13-14H,1-4H3,(H,15,19)(H,16,20). The minimum absolute atomic E-state index is 0.0113. The highest BCUT2D eigenvalue weighted by molar-refractivity contribution is 7.81. The summed E-state index contributed by atoms with van der Waals surface area (Å²) in [7, 11) is 5.78. The number of likely N-dealkylation sites (tertiary alicyclic amines) is 2. The highest BCUT2D eigenvalue weighted by Crippen LogP contribution is 2.56. The van der Waals surface area contributed by atoms with E-state index in [2.05, 4.69) is 10.6 Å². The van der Waals surface area contributed by atoms with Gasteiger partial charge in [0.1, 0.15) is 21.6 Å². The Hall–Kier alpha value is -1.94. The molecule has 0 aromatic rings. The fourth-order valence-electron chi connectivity index (χ4n) is 3.21. The van der Waals surface area contributed by atoms with E-state index in [1.54, 1.807) is 0 Å². The fourth-order valence-corrected chi connectivity index (χ4v) is 4.08. The summed E-state index contributed by atoms with van der Waals surface area (Å²) in [6, 6.07) is 0. The number of nitrogens with one attached hydrogen (secondary N) is 4. The molecule has 0 bridgehead atoms. The maximum atomic E-state index is 12.7. The van der Waals surface area contributed by atoms with Gasteiger partial charge in [-0.15, -0.1) is 0 Å². The largest absolute Gasteiger partial charge is 0.358 e. The molecule has 4 N–H and O–H groups in total. The highest BCUT2D eigenvalue weighted by Gasteiger charge is 2.81. The summed E-state index contributed by atoms with van der Waals surface area (Å²) < 4.78 is 0. The zero-order valence-electron chi connectivity index (χ0n) is 12.5. The molecule has 2 unspecified atom stereocenters. The van der Waals surface area contributed by atoms with Gasteiger partial charge in [0.15, 0.2) is 10.8 Å². The molecule has 0 aromatic carbocycles. The first-order chi connectivity index (χ1) is 10.2. The van der Waals surface area contributed by atoms with Crippen LogP contribution >= 0.6 is 24.4 Å². The Morgan fingerprint density at radius 3 is 1.41 bits per heavy atom. The molecule has 22 heavy (non-hydrogen) atoms. The number of fused-ring (bicyclic) bond motifs is 1. The van der Waals surface area contributed by atoms with Gasteiger partial charge in [-0.25, -0.2) is 0 Å². The van der Waals surface area contributed by atoms with Gasteiger partial charge in [-0.1, -0.05) is 24.4 Å². The van der Waals surface area contributed by atoms with E-state index in [0.29, 0.717) is 0 Å². The van der Waals surface area contributed by atoms with E-state index in [1.165, 1.54) is 38.0 Å². The van der Waals surface area contributed by atoms with Crippen LogP contribution in [0.4, 0.5) is 0 Å². The number of rotatable bonds is 2. The summed E-state index contributed by atoms with van der Waals surface area (Å²) in [5.41, 5.74) is -3.65. The van der Waals surface area contributed by atoms with E-state index in [9.17, 15) is 9.59 Å². The maximum Gasteiger partial charge on any atom is 0.242 e. The molecule has 2 aliphatic heterocycles. The zero-order chi connectivity index (χ0) is 17.0. The molecule has 10 heteroatoms. The van der Waals surface area contributed by atoms with E-state index in [-0.39, 0.29) is 21.6 Å². The molecule has 2 amide bonds. The Balaban J connectivity index is 2.98. The van der Waals surface area contributed by atoms with Crippen LogP contribution in [0.5, 0.6) is 0 Å². The summed E-state index contributed by atoms with van der Waals surface area (Å²) in [6.45, 7) is 0. The van der Waals surface area contributed by atoms with E-state index in [1.807, 2.05) is 0 Å². The minimum atomic E-state index is -1.82. The first-order valence-corrected chi connectivity index (χ1v) is 7.17. The SMILES string of the molecule is CNC(=O)C12C(=N)N(C)C(=S)C1(C(=O)NC)C(=N)N(C)C2=S. The van der Waals surface area contributed by atoms with Crippen molar-refractivity contribution in [1.82, 2.24) is 20.4 Å². The quantitative estimate of drug-likeness (QED) is 0.477. The number of thiocarbonyl (C=S) groups is 2. The predicted octanol–water partition coefficient (Wildman–Crippen LogP) is -1.05. The zero-order valence-corrected chi connectivity index (χ0v) is 14.2. The second-order valence-electron chi connectivity index (χ2n) is 5.08. The van der Waals surface area contributed by atoms with Crippen LogP contribution in [0.1, 0.15) is 0 Å². The van der Waals surface area contributed by atoms with Crippen LogP contribution in [0, 0.1) is 21.6 Å². The monoisotopic (exact) mass is 340 g/mol. The lowest BCUT2D eigenvalue weighted by molar-refractivity contribution is -0.133. The average Bonchev–Trinajstić information content (AvgIpc) is 2.81. The Bertz CT molecular complexity index is 570. The van der Waals surface area contributed by atoms with E-state index >= 15 is 0 Å². The van der Waals surface area contributed by atoms with Crippen LogP contribution in [-0.4, -0.2) is 71.5 Å². The topological polar surface area (TPSA) is 112 Å². The number of hydrogen-bond donors (Lipinski definition) is 4. The third kappa shape index (κ3) is 1.32. The number of hydrogen-bond acceptors (Lipinski definition) is 6. The molecule has 0 aromatic heterocycles. The van der Waals surface area contributed by atoms with Gasteiger partial charge >= 0.3 is 0 Å². The Labute approximate surface area is 138 Å². The molecular formula is C12H16N6O2S2. The summed E-state index contributed by atoms with van der Waals surface area (Å²) >= 11 is 10.7. The van der Waals surface area contributed by atoms with Crippen LogP contribution in [0.3, 0.4) is 0 Å². The Kier molecular flexibility index (Phi) is 3.57. The summed E-state index contributed by atoms with van der Waals surface area (Å²) in [5, 5.41) is 21.7. The molecule has 0 aliphatic carbocycles. The molecule has 8 nitrogen and oxygen atoms in total. The van der Waals surface area contributed by atoms with Gasteiger partial charge in [0, 0.05) is 28.2 Å². The molecule has 2 saturated heterocycles. The Morgan fingerprint density at radius 2 is 1.18 bits per heavy atom. The van der Waals surface area contributed by atoms with Gasteiger partial charge < -0.3 is 20.4 Å². The highest BCUT2D eigenvalue weighted by atomic mass is 32.1. The minimum Gasteiger partial charge on any atom is -0.358 e. The fraction of sp³-hybridized carbons (Fsp3) is 0.500. The smallest absolute Gasteiger partial charge is 0.242 e. The summed E-state index contributed by atoms with van der Waals surface area (Å²) in [5.74, 6) is -1.68. The third-order valence-electron chi connectivity index (χ3n) is 4.33. The molecule has 2 aliphatic rings. The normalized spacial score (nSPS) is 30.7. The van der Waals surface area contributed by atoms with E-state index < -0.39 is 22.6 Å². The van der Waals surface area contributed by atoms with Crippen molar-refractivity contribution in [2.75, 3.05) is 28.2 Å². The maximum absolute atomic E-state index is 12.7. The number of carbonyl (C=O) groups is 2. The second kappa shape index (κ2) is 4.78. The molecule has 2 fully saturated rings. The molecule has 0 radical (unpaired) electrons. The van der Waals surface area contributed by atoms with Crippen molar-refractivity contribution >= 4 is 57.9 Å². The van der Waals surface area contributed by atoms with Gasteiger partial charge in [0.05, 0.1) is 0 Å². The molecule has 118 valence electrons. The molecule has 2 rings (SSSR count). The van der Waals surface area contributed by atoms with Crippen molar-refractivity contribution < 1.29 is 9.59 Å².